The zero-order valence-electron chi connectivity index (χ0n) is 24.4. The Morgan fingerprint density at radius 2 is 1.79 bits per heavy atom. The van der Waals surface area contributed by atoms with Gasteiger partial charge in [0, 0.05) is 36.8 Å². The molecule has 1 amide bonds. The van der Waals surface area contributed by atoms with Crippen molar-refractivity contribution in [2.45, 2.75) is 24.5 Å². The van der Waals surface area contributed by atoms with Crippen LogP contribution in [0.2, 0.25) is 0 Å². The highest BCUT2D eigenvalue weighted by Gasteiger charge is 2.64. The predicted octanol–water partition coefficient (Wildman–Crippen LogP) is 1.44. The van der Waals surface area contributed by atoms with Crippen LogP contribution in [0.1, 0.15) is 28.7 Å². The molecule has 11 nitrogen and oxygen atoms in total. The minimum Gasteiger partial charge on any atom is -0.508 e. The number of carbonyl (C=O) groups is 3. The molecule has 1 fully saturated rings. The van der Waals surface area contributed by atoms with Crippen LogP contribution in [0.5, 0.6) is 11.5 Å². The maximum Gasteiger partial charge on any atom is 0.255 e. The topological polar surface area (TPSA) is 174 Å². The van der Waals surface area contributed by atoms with E-state index in [2.05, 4.69) is 11.8 Å². The summed E-state index contributed by atoms with van der Waals surface area (Å²) in [6, 6.07) is 7.60. The summed E-state index contributed by atoms with van der Waals surface area (Å²) in [6.45, 7) is 0. The summed E-state index contributed by atoms with van der Waals surface area (Å²) < 4.78 is 5.25. The van der Waals surface area contributed by atoms with Gasteiger partial charge in [0.25, 0.3) is 5.91 Å². The van der Waals surface area contributed by atoms with Crippen molar-refractivity contribution in [3.05, 3.63) is 69.5 Å². The molecule has 3 aliphatic carbocycles. The van der Waals surface area contributed by atoms with E-state index in [-0.39, 0.29) is 35.3 Å². The number of Topliss-reactive ketones (excluding diaryl/α,β-unsaturated/α-hetero) is 2. The van der Waals surface area contributed by atoms with Crippen molar-refractivity contribution in [2.75, 3.05) is 40.2 Å². The number of phenols is 1. The molecule has 0 unspecified atom stereocenters. The zero-order valence-corrected chi connectivity index (χ0v) is 24.4. The Morgan fingerprint density at radius 1 is 1.09 bits per heavy atom. The minimum atomic E-state index is -2.70. The van der Waals surface area contributed by atoms with Gasteiger partial charge in [0.1, 0.15) is 28.6 Å². The molecule has 4 atom stereocenters. The number of rotatable bonds is 4. The molecule has 1 saturated carbocycles. The van der Waals surface area contributed by atoms with Crippen molar-refractivity contribution in [1.29, 1.82) is 0 Å². The molecule has 0 bridgehead atoms. The molecule has 0 spiro atoms. The smallest absolute Gasteiger partial charge is 0.255 e. The van der Waals surface area contributed by atoms with Gasteiger partial charge in [0.05, 0.1) is 24.3 Å². The quantitative estimate of drug-likeness (QED) is 0.260. The second kappa shape index (κ2) is 10.5. The van der Waals surface area contributed by atoms with Crippen LogP contribution < -0.4 is 15.4 Å². The van der Waals surface area contributed by atoms with Crippen molar-refractivity contribution < 1.29 is 39.5 Å². The highest BCUT2D eigenvalue weighted by Crippen LogP contribution is 2.54. The first kappa shape index (κ1) is 29.7. The van der Waals surface area contributed by atoms with Gasteiger partial charge >= 0.3 is 0 Å². The predicted molar refractivity (Wildman–Crippen MR) is 158 cm³/mol. The monoisotopic (exact) mass is 587 g/mol. The number of likely N-dealkylation sites (N-methyl/N-ethyl adjacent to an activating group) is 1. The number of hydrogen-bond donors (Lipinski definition) is 5. The van der Waals surface area contributed by atoms with Crippen LogP contribution in [0, 0.1) is 23.7 Å². The Hall–Kier alpha value is -4.79. The highest BCUT2D eigenvalue weighted by atomic mass is 16.5. The van der Waals surface area contributed by atoms with Gasteiger partial charge in [-0.15, -0.1) is 0 Å². The molecule has 224 valence electrons. The Bertz CT molecular complexity index is 1710. The van der Waals surface area contributed by atoms with E-state index in [1.165, 1.54) is 12.0 Å². The van der Waals surface area contributed by atoms with E-state index >= 15 is 0 Å². The molecule has 0 aromatic heterocycles. The number of primary amides is 1. The number of nitrogens with two attached hydrogens (primary N) is 1. The van der Waals surface area contributed by atoms with Crippen LogP contribution >= 0.6 is 0 Å². The third-order valence-electron chi connectivity index (χ3n) is 8.59. The molecule has 0 aliphatic heterocycles. The molecule has 43 heavy (non-hydrogen) atoms. The molecule has 0 heterocycles. The number of ketones is 2. The van der Waals surface area contributed by atoms with E-state index in [4.69, 9.17) is 10.5 Å². The first-order chi connectivity index (χ1) is 20.2. The molecule has 5 rings (SSSR count). The maximum atomic E-state index is 14.1. The number of aliphatic hydroxyl groups excluding tert-OH is 2. The van der Waals surface area contributed by atoms with E-state index in [9.17, 15) is 34.8 Å². The lowest BCUT2D eigenvalue weighted by molar-refractivity contribution is -0.153. The van der Waals surface area contributed by atoms with E-state index in [1.54, 1.807) is 63.4 Å². The van der Waals surface area contributed by atoms with Gasteiger partial charge in [-0.1, -0.05) is 17.9 Å². The van der Waals surface area contributed by atoms with Gasteiger partial charge in [-0.05, 0) is 62.7 Å². The number of anilines is 1. The van der Waals surface area contributed by atoms with Crippen LogP contribution in [0.4, 0.5) is 5.69 Å². The molecule has 2 aromatic rings. The maximum absolute atomic E-state index is 14.1. The third kappa shape index (κ3) is 4.42. The Labute approximate surface area is 248 Å². The van der Waals surface area contributed by atoms with E-state index < -0.39 is 58.0 Å². The van der Waals surface area contributed by atoms with E-state index in [1.807, 2.05) is 0 Å². The number of hydrogen-bond acceptors (Lipinski definition) is 10. The van der Waals surface area contributed by atoms with Crippen molar-refractivity contribution in [2.24, 2.45) is 17.6 Å². The molecular formula is C32H33N3O8. The first-order valence-corrected chi connectivity index (χ1v) is 13.6. The summed E-state index contributed by atoms with van der Waals surface area (Å²) in [6.07, 6.45) is 0.190. The van der Waals surface area contributed by atoms with Crippen molar-refractivity contribution in [3.8, 4) is 23.3 Å². The number of fused-ring (bicyclic) bond motifs is 3. The number of benzene rings is 2. The Kier molecular flexibility index (Phi) is 7.24. The summed E-state index contributed by atoms with van der Waals surface area (Å²) >= 11 is 0. The highest BCUT2D eigenvalue weighted by molar-refractivity contribution is 6.24. The van der Waals surface area contributed by atoms with Gasteiger partial charge in [0.2, 0.25) is 5.78 Å². The number of phenolic OH excluding ortho intramolecular Hbond substituents is 1. The van der Waals surface area contributed by atoms with Crippen molar-refractivity contribution >= 4 is 28.9 Å². The Balaban J connectivity index is 1.71. The van der Waals surface area contributed by atoms with Gasteiger partial charge in [-0.2, -0.15) is 0 Å². The lowest BCUT2D eigenvalue weighted by atomic mass is 9.57. The molecule has 0 saturated heterocycles. The van der Waals surface area contributed by atoms with Crippen molar-refractivity contribution in [1.82, 2.24) is 4.90 Å². The van der Waals surface area contributed by atoms with Crippen LogP contribution in [0.3, 0.4) is 0 Å². The molecular weight excluding hydrogens is 554 g/mol. The normalized spacial score (nSPS) is 24.6. The fourth-order valence-corrected chi connectivity index (χ4v) is 6.63. The SMILES string of the molecule is COc1cccc(C#Cc2cc(N(C)C)c3c(c2O)C(O)=C2C(=O)[C@]4(O)C(O)=C(C(N)=O)C(=O)[C@H](N(C)C)[C@@H]4C[C@@H]2C3)c1. The van der Waals surface area contributed by atoms with Gasteiger partial charge < -0.3 is 35.8 Å². The number of methoxy groups -OCH3 is 1. The summed E-state index contributed by atoms with van der Waals surface area (Å²) in [5.41, 5.74) is 3.61. The lowest BCUT2D eigenvalue weighted by Gasteiger charge is -2.50. The molecule has 11 heteroatoms. The van der Waals surface area contributed by atoms with E-state index in [0.717, 1.165) is 0 Å². The fourth-order valence-electron chi connectivity index (χ4n) is 6.63. The van der Waals surface area contributed by atoms with Gasteiger partial charge in [-0.25, -0.2) is 0 Å². The lowest BCUT2D eigenvalue weighted by Crippen LogP contribution is -2.65. The molecule has 0 radical (unpaired) electrons. The fraction of sp³-hybridized carbons (Fsp3) is 0.344. The summed E-state index contributed by atoms with van der Waals surface area (Å²) in [5, 5.41) is 45.9. The number of ether oxygens (including phenoxy) is 1. The third-order valence-corrected chi connectivity index (χ3v) is 8.59. The summed E-state index contributed by atoms with van der Waals surface area (Å²) in [7, 11) is 8.25. The van der Waals surface area contributed by atoms with Crippen molar-refractivity contribution in [3.63, 3.8) is 0 Å². The van der Waals surface area contributed by atoms with Gasteiger partial charge in [0.15, 0.2) is 11.4 Å². The second-order valence-electron chi connectivity index (χ2n) is 11.5. The average Bonchev–Trinajstić information content (AvgIpc) is 2.94. The number of nitrogens with zero attached hydrogens (tertiary/aromatic N) is 2. The first-order valence-electron chi connectivity index (χ1n) is 13.6. The van der Waals surface area contributed by atoms with Gasteiger partial charge in [-0.3, -0.25) is 19.3 Å². The zero-order chi connectivity index (χ0) is 31.5. The minimum absolute atomic E-state index is 0.0107. The van der Waals surface area contributed by atoms with Crippen LogP contribution in [0.15, 0.2) is 47.2 Å². The van der Waals surface area contributed by atoms with Crippen LogP contribution in [0.25, 0.3) is 5.76 Å². The second-order valence-corrected chi connectivity index (χ2v) is 11.5. The van der Waals surface area contributed by atoms with E-state index in [0.29, 0.717) is 22.6 Å². The average molecular weight is 588 g/mol. The van der Waals surface area contributed by atoms with Crippen LogP contribution in [-0.2, 0) is 20.8 Å². The number of carbonyl (C=O) groups excluding carboxylic acids is 3. The number of aromatic hydroxyl groups is 1. The summed E-state index contributed by atoms with van der Waals surface area (Å²) in [5.74, 6) is -0.480. The Morgan fingerprint density at radius 3 is 2.40 bits per heavy atom. The molecule has 3 aliphatic rings. The van der Waals surface area contributed by atoms with Crippen LogP contribution in [-0.4, -0.2) is 89.7 Å². The summed E-state index contributed by atoms with van der Waals surface area (Å²) in [4.78, 5) is 42.8. The molecule has 2 aromatic carbocycles. The number of aliphatic hydroxyl groups is 3. The number of amides is 1. The molecule has 6 N–H and O–H groups in total. The largest absolute Gasteiger partial charge is 0.508 e. The standard InChI is InChI=1S/C32H33N3O8/c1-34(2)21-14-16(10-9-15-7-6-8-18(11-15)43-5)26(36)23-19(21)12-17-13-20-25(35(3)4)28(38)24(31(33)41)30(40)32(20,42)29(39)22(17)27(23)37/h6-8,11,14,17,20,25,36-37,40,42H,12-13H2,1-5H3,(H2,33,41)/t17-,20-,25+,32-/m0/s1.